The van der Waals surface area contributed by atoms with Gasteiger partial charge in [0, 0.05) is 50.4 Å². The van der Waals surface area contributed by atoms with Crippen LogP contribution in [0.3, 0.4) is 0 Å². The highest BCUT2D eigenvalue weighted by Crippen LogP contribution is 2.46. The molecule has 1 saturated heterocycles. The molecule has 0 aromatic heterocycles. The number of benzene rings is 2. The largest absolute Gasteiger partial charge is 0.385 e. The standard InChI is InChI=1S/C29H40ClN5O3/c1-4-21-10-7-11-22(18-21)28-24(13-8-14-25(28)30)29(37,15-5-6-17-38-3)23-12-9-16-35(20-23)27(36)19-26(33-31)34-32-2/h7-8,10-11,13-14,18,23,37H,4-6,9,12,15-17,19-20,31H2,1-3H3/b33-26-,34-32?/t23-,29+/m1/s1. The fraction of sp³-hybridized carbons (Fsp3) is 0.517. The molecule has 1 amide bonds. The third-order valence-corrected chi connectivity index (χ3v) is 7.70. The van der Waals surface area contributed by atoms with Gasteiger partial charge in [-0.15, -0.1) is 5.11 Å². The summed E-state index contributed by atoms with van der Waals surface area (Å²) in [6.45, 7) is 3.77. The van der Waals surface area contributed by atoms with Crippen LogP contribution >= 0.6 is 11.6 Å². The topological polar surface area (TPSA) is 113 Å². The predicted molar refractivity (Wildman–Crippen MR) is 152 cm³/mol. The molecule has 206 valence electrons. The van der Waals surface area contributed by atoms with Gasteiger partial charge in [0.05, 0.1) is 12.0 Å². The Morgan fingerprint density at radius 1 is 1.26 bits per heavy atom. The number of nitrogens with zero attached hydrogens (tertiary/aromatic N) is 4. The van der Waals surface area contributed by atoms with Crippen molar-refractivity contribution >= 4 is 23.3 Å². The van der Waals surface area contributed by atoms with Crippen LogP contribution in [0.2, 0.25) is 5.02 Å². The first-order chi connectivity index (χ1) is 18.4. The second-order valence-corrected chi connectivity index (χ2v) is 10.2. The van der Waals surface area contributed by atoms with Crippen LogP contribution < -0.4 is 5.84 Å². The van der Waals surface area contributed by atoms with Crippen molar-refractivity contribution in [2.45, 2.75) is 57.5 Å². The molecule has 2 aromatic rings. The number of hydrogen-bond donors (Lipinski definition) is 2. The second-order valence-electron chi connectivity index (χ2n) is 9.79. The van der Waals surface area contributed by atoms with E-state index in [4.69, 9.17) is 22.2 Å². The van der Waals surface area contributed by atoms with Gasteiger partial charge in [-0.05, 0) is 61.3 Å². The van der Waals surface area contributed by atoms with E-state index in [2.05, 4.69) is 34.4 Å². The van der Waals surface area contributed by atoms with E-state index in [1.807, 2.05) is 30.3 Å². The molecule has 0 spiro atoms. The van der Waals surface area contributed by atoms with Crippen LogP contribution in [0, 0.1) is 5.92 Å². The van der Waals surface area contributed by atoms with Crippen LogP contribution in [-0.2, 0) is 21.6 Å². The molecule has 3 N–H and O–H groups in total. The Morgan fingerprint density at radius 3 is 2.76 bits per heavy atom. The number of aryl methyl sites for hydroxylation is 1. The molecule has 8 nitrogen and oxygen atoms in total. The maximum Gasteiger partial charge on any atom is 0.230 e. The number of methoxy groups -OCH3 is 1. The molecule has 0 bridgehead atoms. The van der Waals surface area contributed by atoms with E-state index in [0.717, 1.165) is 48.8 Å². The molecule has 3 rings (SSSR count). The number of aliphatic hydroxyl groups is 1. The Hall–Kier alpha value is -2.81. The number of nitrogens with two attached hydrogens (primary N) is 1. The Kier molecular flexibility index (Phi) is 11.2. The molecule has 1 aliphatic heterocycles. The number of hydrogen-bond acceptors (Lipinski definition) is 6. The number of piperidine rings is 1. The Balaban J connectivity index is 2.01. The van der Waals surface area contributed by atoms with Crippen LogP contribution in [0.25, 0.3) is 11.1 Å². The quantitative estimate of drug-likeness (QED) is 0.0968. The molecule has 1 heterocycles. The van der Waals surface area contributed by atoms with Gasteiger partial charge in [0.15, 0.2) is 5.84 Å². The molecule has 0 radical (unpaired) electrons. The minimum Gasteiger partial charge on any atom is -0.385 e. The second kappa shape index (κ2) is 14.4. The molecule has 0 aliphatic carbocycles. The fourth-order valence-corrected chi connectivity index (χ4v) is 5.67. The van der Waals surface area contributed by atoms with Gasteiger partial charge in [0.25, 0.3) is 0 Å². The SMILES string of the molecule is CCc1cccc(-c2c(Cl)cccc2[C@](O)(CCCCOC)[C@@H]2CCCN(C(=O)C/C(N=NC)=N/N)C2)c1. The van der Waals surface area contributed by atoms with Gasteiger partial charge in [-0.25, -0.2) is 0 Å². The zero-order valence-electron chi connectivity index (χ0n) is 22.7. The summed E-state index contributed by atoms with van der Waals surface area (Å²) < 4.78 is 5.27. The number of carbonyl (C=O) groups is 1. The summed E-state index contributed by atoms with van der Waals surface area (Å²) in [5, 5.41) is 24.3. The molecule has 0 unspecified atom stereocenters. The molecule has 1 fully saturated rings. The van der Waals surface area contributed by atoms with E-state index in [1.165, 1.54) is 12.6 Å². The molecular weight excluding hydrogens is 502 g/mol. The summed E-state index contributed by atoms with van der Waals surface area (Å²) in [6, 6.07) is 14.1. The number of amidine groups is 1. The minimum atomic E-state index is -1.19. The van der Waals surface area contributed by atoms with Gasteiger partial charge in [-0.2, -0.15) is 10.2 Å². The number of unbranched alkanes of at least 4 members (excludes halogenated alkanes) is 1. The van der Waals surface area contributed by atoms with Crippen LogP contribution in [0.1, 0.15) is 56.6 Å². The van der Waals surface area contributed by atoms with Gasteiger partial charge >= 0.3 is 0 Å². The van der Waals surface area contributed by atoms with Gasteiger partial charge in [-0.3, -0.25) is 4.79 Å². The van der Waals surface area contributed by atoms with Crippen molar-refractivity contribution in [1.29, 1.82) is 0 Å². The van der Waals surface area contributed by atoms with Crippen LogP contribution in [-0.4, -0.2) is 55.6 Å². The lowest BCUT2D eigenvalue weighted by molar-refractivity contribution is -0.135. The van der Waals surface area contributed by atoms with Gasteiger partial charge in [0.2, 0.25) is 5.91 Å². The van der Waals surface area contributed by atoms with Gasteiger partial charge in [0.1, 0.15) is 0 Å². The minimum absolute atomic E-state index is 0.0287. The fourth-order valence-electron chi connectivity index (χ4n) is 5.39. The van der Waals surface area contributed by atoms with Crippen LogP contribution in [0.15, 0.2) is 57.8 Å². The molecule has 2 atom stereocenters. The van der Waals surface area contributed by atoms with Crippen molar-refractivity contribution in [2.75, 3.05) is 33.9 Å². The zero-order valence-corrected chi connectivity index (χ0v) is 23.5. The first-order valence-electron chi connectivity index (χ1n) is 13.3. The van der Waals surface area contributed by atoms with Crippen LogP contribution in [0.4, 0.5) is 0 Å². The van der Waals surface area contributed by atoms with E-state index in [1.54, 1.807) is 12.0 Å². The highest BCUT2D eigenvalue weighted by molar-refractivity contribution is 6.33. The lowest BCUT2D eigenvalue weighted by Gasteiger charge is -2.44. The highest BCUT2D eigenvalue weighted by Gasteiger charge is 2.43. The van der Waals surface area contributed by atoms with Crippen molar-refractivity contribution in [3.63, 3.8) is 0 Å². The van der Waals surface area contributed by atoms with Crippen LogP contribution in [0.5, 0.6) is 0 Å². The summed E-state index contributed by atoms with van der Waals surface area (Å²) in [5.74, 6) is 5.27. The lowest BCUT2D eigenvalue weighted by atomic mass is 9.72. The number of hydrazone groups is 1. The highest BCUT2D eigenvalue weighted by atomic mass is 35.5. The van der Waals surface area contributed by atoms with E-state index in [9.17, 15) is 9.90 Å². The lowest BCUT2D eigenvalue weighted by Crippen LogP contribution is -2.48. The predicted octanol–water partition coefficient (Wildman–Crippen LogP) is 5.56. The third kappa shape index (κ3) is 7.18. The molecule has 38 heavy (non-hydrogen) atoms. The van der Waals surface area contributed by atoms with Gasteiger partial charge in [-0.1, -0.05) is 54.9 Å². The summed E-state index contributed by atoms with van der Waals surface area (Å²) in [5.41, 5.74) is 2.65. The van der Waals surface area contributed by atoms with E-state index >= 15 is 0 Å². The molecule has 9 heteroatoms. The summed E-state index contributed by atoms with van der Waals surface area (Å²) >= 11 is 6.83. The average molecular weight is 542 g/mol. The number of amides is 1. The molecule has 1 aliphatic rings. The molecule has 2 aromatic carbocycles. The normalized spacial score (nSPS) is 18.1. The average Bonchev–Trinajstić information content (AvgIpc) is 2.94. The summed E-state index contributed by atoms with van der Waals surface area (Å²) in [7, 11) is 3.19. The van der Waals surface area contributed by atoms with Crippen molar-refractivity contribution in [3.05, 3.63) is 58.6 Å². The number of ether oxygens (including phenoxy) is 1. The number of rotatable bonds is 11. The first kappa shape index (κ1) is 29.7. The zero-order chi connectivity index (χ0) is 27.5. The van der Waals surface area contributed by atoms with Crippen molar-refractivity contribution in [2.24, 2.45) is 27.1 Å². The third-order valence-electron chi connectivity index (χ3n) is 7.38. The monoisotopic (exact) mass is 541 g/mol. The van der Waals surface area contributed by atoms with Gasteiger partial charge < -0.3 is 20.6 Å². The molecular formula is C29H40ClN5O3. The first-order valence-corrected chi connectivity index (χ1v) is 13.7. The number of carbonyl (C=O) groups excluding carboxylic acids is 1. The Morgan fingerprint density at radius 2 is 2.05 bits per heavy atom. The Labute approximate surface area is 230 Å². The maximum atomic E-state index is 13.1. The summed E-state index contributed by atoms with van der Waals surface area (Å²) in [4.78, 5) is 14.9. The van der Waals surface area contributed by atoms with Crippen molar-refractivity contribution in [1.82, 2.24) is 4.90 Å². The van der Waals surface area contributed by atoms with E-state index < -0.39 is 5.60 Å². The number of azo groups is 1. The number of halogens is 1. The van der Waals surface area contributed by atoms with E-state index in [-0.39, 0.29) is 24.1 Å². The maximum absolute atomic E-state index is 13.1. The number of likely N-dealkylation sites (tertiary alicyclic amines) is 1. The van der Waals surface area contributed by atoms with Crippen molar-refractivity contribution < 1.29 is 14.6 Å². The van der Waals surface area contributed by atoms with E-state index in [0.29, 0.717) is 31.1 Å². The smallest absolute Gasteiger partial charge is 0.230 e. The Bertz CT molecular complexity index is 1140. The summed E-state index contributed by atoms with van der Waals surface area (Å²) in [6.07, 6.45) is 4.58. The molecule has 0 saturated carbocycles. The van der Waals surface area contributed by atoms with Crippen molar-refractivity contribution in [3.8, 4) is 11.1 Å².